The van der Waals surface area contributed by atoms with Gasteiger partial charge in [0.1, 0.15) is 6.10 Å². The van der Waals surface area contributed by atoms with Crippen LogP contribution in [0.5, 0.6) is 0 Å². The number of piperidine rings is 1. The maximum Gasteiger partial charge on any atom is 0.249 e. The standard InChI is InChI=1S/C16H24N4O2/c1-12-10-13(11-17-15(21)14-6-5-9-22-14)19-16(18-12)20-7-3-2-4-8-20/h10,14H,2-9,11H2,1H3,(H,17,21). The van der Waals surface area contributed by atoms with Crippen molar-refractivity contribution in [3.05, 3.63) is 17.5 Å². The van der Waals surface area contributed by atoms with Gasteiger partial charge in [-0.15, -0.1) is 0 Å². The normalized spacial score (nSPS) is 21.9. The predicted octanol–water partition coefficient (Wildman–Crippen LogP) is 1.57. The number of carbonyl (C=O) groups excluding carboxylic acids is 1. The van der Waals surface area contributed by atoms with E-state index in [0.717, 1.165) is 43.3 Å². The van der Waals surface area contributed by atoms with Crippen molar-refractivity contribution in [2.75, 3.05) is 24.6 Å². The maximum atomic E-state index is 12.0. The van der Waals surface area contributed by atoms with Crippen molar-refractivity contribution in [1.29, 1.82) is 0 Å². The Morgan fingerprint density at radius 2 is 2.14 bits per heavy atom. The van der Waals surface area contributed by atoms with E-state index in [4.69, 9.17) is 4.74 Å². The van der Waals surface area contributed by atoms with Gasteiger partial charge in [0, 0.05) is 25.4 Å². The summed E-state index contributed by atoms with van der Waals surface area (Å²) in [4.78, 5) is 23.4. The van der Waals surface area contributed by atoms with Crippen molar-refractivity contribution in [3.8, 4) is 0 Å². The zero-order chi connectivity index (χ0) is 15.4. The minimum Gasteiger partial charge on any atom is -0.368 e. The molecule has 2 fully saturated rings. The summed E-state index contributed by atoms with van der Waals surface area (Å²) in [5.74, 6) is 0.759. The molecule has 0 spiro atoms. The van der Waals surface area contributed by atoms with E-state index in [0.29, 0.717) is 13.2 Å². The van der Waals surface area contributed by atoms with Crippen molar-refractivity contribution in [2.24, 2.45) is 0 Å². The van der Waals surface area contributed by atoms with Gasteiger partial charge in [-0.3, -0.25) is 4.79 Å². The quantitative estimate of drug-likeness (QED) is 0.914. The highest BCUT2D eigenvalue weighted by molar-refractivity contribution is 5.80. The Morgan fingerprint density at radius 1 is 1.32 bits per heavy atom. The molecule has 6 nitrogen and oxygen atoms in total. The van der Waals surface area contributed by atoms with Gasteiger partial charge < -0.3 is 15.0 Å². The summed E-state index contributed by atoms with van der Waals surface area (Å²) in [6, 6.07) is 1.93. The minimum atomic E-state index is -0.288. The van der Waals surface area contributed by atoms with Crippen LogP contribution in [-0.4, -0.2) is 41.7 Å². The zero-order valence-corrected chi connectivity index (χ0v) is 13.2. The lowest BCUT2D eigenvalue weighted by atomic mass is 10.1. The van der Waals surface area contributed by atoms with Gasteiger partial charge in [-0.05, 0) is 45.1 Å². The van der Waals surface area contributed by atoms with Crippen LogP contribution in [-0.2, 0) is 16.1 Å². The van der Waals surface area contributed by atoms with Crippen LogP contribution in [0.1, 0.15) is 43.5 Å². The second-order valence-electron chi connectivity index (χ2n) is 6.07. The largest absolute Gasteiger partial charge is 0.368 e. The molecule has 2 aliphatic rings. The molecular weight excluding hydrogens is 280 g/mol. The van der Waals surface area contributed by atoms with Crippen LogP contribution < -0.4 is 10.2 Å². The second-order valence-corrected chi connectivity index (χ2v) is 6.07. The second kappa shape index (κ2) is 7.05. The molecule has 0 radical (unpaired) electrons. The summed E-state index contributed by atoms with van der Waals surface area (Å²) < 4.78 is 5.39. The highest BCUT2D eigenvalue weighted by Gasteiger charge is 2.23. The van der Waals surface area contributed by atoms with Gasteiger partial charge >= 0.3 is 0 Å². The summed E-state index contributed by atoms with van der Waals surface area (Å²) in [7, 11) is 0. The van der Waals surface area contributed by atoms with E-state index in [1.54, 1.807) is 0 Å². The Kier molecular flexibility index (Phi) is 4.87. The topological polar surface area (TPSA) is 67.3 Å². The Hall–Kier alpha value is -1.69. The molecule has 0 aliphatic carbocycles. The molecule has 2 aliphatic heterocycles. The number of aryl methyl sites for hydroxylation is 1. The number of rotatable bonds is 4. The minimum absolute atomic E-state index is 0.0340. The summed E-state index contributed by atoms with van der Waals surface area (Å²) in [6.07, 6.45) is 5.17. The SMILES string of the molecule is Cc1cc(CNC(=O)C2CCCO2)nc(N2CCCCC2)n1. The van der Waals surface area contributed by atoms with Crippen molar-refractivity contribution in [3.63, 3.8) is 0 Å². The molecule has 1 atom stereocenters. The number of ether oxygens (including phenoxy) is 1. The molecule has 3 rings (SSSR count). The fraction of sp³-hybridized carbons (Fsp3) is 0.688. The van der Waals surface area contributed by atoms with Crippen LogP contribution >= 0.6 is 0 Å². The van der Waals surface area contributed by atoms with Crippen molar-refractivity contribution in [1.82, 2.24) is 15.3 Å². The van der Waals surface area contributed by atoms with E-state index in [1.807, 2.05) is 13.0 Å². The molecule has 1 N–H and O–H groups in total. The molecule has 3 heterocycles. The van der Waals surface area contributed by atoms with Crippen LogP contribution in [0, 0.1) is 6.92 Å². The molecule has 2 saturated heterocycles. The molecule has 120 valence electrons. The third-order valence-corrected chi connectivity index (χ3v) is 4.20. The van der Waals surface area contributed by atoms with Gasteiger partial charge in [0.2, 0.25) is 11.9 Å². The summed E-state index contributed by atoms with van der Waals surface area (Å²) in [5.41, 5.74) is 1.80. The Labute approximate surface area is 131 Å². The first-order valence-electron chi connectivity index (χ1n) is 8.21. The molecule has 0 saturated carbocycles. The van der Waals surface area contributed by atoms with Gasteiger partial charge in [0.25, 0.3) is 0 Å². The molecular formula is C16H24N4O2. The zero-order valence-electron chi connectivity index (χ0n) is 13.2. The summed E-state index contributed by atoms with van der Waals surface area (Å²) >= 11 is 0. The Bertz CT molecular complexity index is 523. The molecule has 0 bridgehead atoms. The van der Waals surface area contributed by atoms with E-state index in [2.05, 4.69) is 20.2 Å². The lowest BCUT2D eigenvalue weighted by Gasteiger charge is -2.27. The number of nitrogens with zero attached hydrogens (tertiary/aromatic N) is 3. The Balaban J connectivity index is 1.62. The van der Waals surface area contributed by atoms with Crippen molar-refractivity contribution >= 4 is 11.9 Å². The molecule has 1 aromatic rings. The number of amides is 1. The number of hydrogen-bond donors (Lipinski definition) is 1. The van der Waals surface area contributed by atoms with E-state index in [9.17, 15) is 4.79 Å². The van der Waals surface area contributed by atoms with Crippen LogP contribution in [0.25, 0.3) is 0 Å². The van der Waals surface area contributed by atoms with Gasteiger partial charge in [0.15, 0.2) is 0 Å². The van der Waals surface area contributed by atoms with Gasteiger partial charge in [-0.1, -0.05) is 0 Å². The number of anilines is 1. The van der Waals surface area contributed by atoms with Crippen LogP contribution in [0.15, 0.2) is 6.07 Å². The monoisotopic (exact) mass is 304 g/mol. The average molecular weight is 304 g/mol. The lowest BCUT2D eigenvalue weighted by molar-refractivity contribution is -0.130. The fourth-order valence-corrected chi connectivity index (χ4v) is 3.02. The number of hydrogen-bond acceptors (Lipinski definition) is 5. The van der Waals surface area contributed by atoms with E-state index >= 15 is 0 Å². The highest BCUT2D eigenvalue weighted by Crippen LogP contribution is 2.17. The molecule has 6 heteroatoms. The van der Waals surface area contributed by atoms with Crippen LogP contribution in [0.3, 0.4) is 0 Å². The highest BCUT2D eigenvalue weighted by atomic mass is 16.5. The van der Waals surface area contributed by atoms with Crippen molar-refractivity contribution in [2.45, 2.75) is 51.7 Å². The first-order chi connectivity index (χ1) is 10.7. The lowest BCUT2D eigenvalue weighted by Crippen LogP contribution is -2.34. The van der Waals surface area contributed by atoms with Crippen LogP contribution in [0.2, 0.25) is 0 Å². The summed E-state index contributed by atoms with van der Waals surface area (Å²) in [6.45, 7) is 5.13. The number of carbonyl (C=O) groups is 1. The Morgan fingerprint density at radius 3 is 2.86 bits per heavy atom. The molecule has 0 aromatic carbocycles. The van der Waals surface area contributed by atoms with Crippen molar-refractivity contribution < 1.29 is 9.53 Å². The molecule has 22 heavy (non-hydrogen) atoms. The predicted molar refractivity (Wildman–Crippen MR) is 83.7 cm³/mol. The first kappa shape index (κ1) is 15.2. The third kappa shape index (κ3) is 3.74. The molecule has 1 unspecified atom stereocenters. The maximum absolute atomic E-state index is 12.0. The van der Waals surface area contributed by atoms with Gasteiger partial charge in [-0.2, -0.15) is 0 Å². The number of nitrogens with one attached hydrogen (secondary N) is 1. The summed E-state index contributed by atoms with van der Waals surface area (Å²) in [5, 5.41) is 2.93. The van der Waals surface area contributed by atoms with Gasteiger partial charge in [-0.25, -0.2) is 9.97 Å². The molecule has 1 aromatic heterocycles. The molecule has 1 amide bonds. The van der Waals surface area contributed by atoms with E-state index in [-0.39, 0.29) is 12.0 Å². The number of aromatic nitrogens is 2. The fourth-order valence-electron chi connectivity index (χ4n) is 3.02. The van der Waals surface area contributed by atoms with E-state index in [1.165, 1.54) is 19.3 Å². The van der Waals surface area contributed by atoms with Crippen LogP contribution in [0.4, 0.5) is 5.95 Å². The van der Waals surface area contributed by atoms with Gasteiger partial charge in [0.05, 0.1) is 12.2 Å². The smallest absolute Gasteiger partial charge is 0.249 e. The third-order valence-electron chi connectivity index (χ3n) is 4.20. The first-order valence-corrected chi connectivity index (χ1v) is 8.21. The average Bonchev–Trinajstić information content (AvgIpc) is 3.07. The van der Waals surface area contributed by atoms with E-state index < -0.39 is 0 Å².